The third-order valence-corrected chi connectivity index (χ3v) is 4.78. The van der Waals surface area contributed by atoms with E-state index in [1.54, 1.807) is 49.0 Å². The van der Waals surface area contributed by atoms with Gasteiger partial charge in [-0.2, -0.15) is 5.26 Å². The Kier molecular flexibility index (Phi) is 5.66. The molecule has 0 aliphatic heterocycles. The number of nitrogens with one attached hydrogen (secondary N) is 1. The number of benzene rings is 2. The predicted octanol–water partition coefficient (Wildman–Crippen LogP) is 3.82. The maximum Gasteiger partial charge on any atom is 0.295 e. The van der Waals surface area contributed by atoms with E-state index in [-0.39, 0.29) is 21.8 Å². The van der Waals surface area contributed by atoms with E-state index in [1.165, 1.54) is 22.9 Å². The molecule has 0 spiro atoms. The molecule has 1 aromatic heterocycles. The number of hydrogen-bond acceptors (Lipinski definition) is 3. The van der Waals surface area contributed by atoms with Gasteiger partial charge in [0.1, 0.15) is 23.1 Å². The zero-order valence-electron chi connectivity index (χ0n) is 15.6. The molecule has 6 nitrogen and oxygen atoms in total. The number of halogens is 2. The topological polar surface area (TPSA) is 79.8 Å². The van der Waals surface area contributed by atoms with Crippen molar-refractivity contribution >= 4 is 29.3 Å². The number of hydrogen-bond donors (Lipinski definition) is 1. The minimum atomic E-state index is -0.835. The normalized spacial score (nSPS) is 11.2. The average molecular weight is 411 g/mol. The fourth-order valence-electron chi connectivity index (χ4n) is 2.83. The number of anilines is 1. The molecule has 3 rings (SSSR count). The summed E-state index contributed by atoms with van der Waals surface area (Å²) in [6, 6.07) is 14.7. The van der Waals surface area contributed by atoms with Crippen LogP contribution in [0, 0.1) is 24.1 Å². The monoisotopic (exact) mass is 410 g/mol. The van der Waals surface area contributed by atoms with Crippen molar-refractivity contribution < 1.29 is 9.18 Å². The van der Waals surface area contributed by atoms with Crippen molar-refractivity contribution in [1.29, 1.82) is 5.26 Å². The van der Waals surface area contributed by atoms with Crippen molar-refractivity contribution in [3.8, 4) is 11.8 Å². The Labute approximate surface area is 171 Å². The lowest BCUT2D eigenvalue weighted by atomic mass is 10.1. The average Bonchev–Trinajstić information content (AvgIpc) is 2.91. The number of nitrogens with zero attached hydrogens (tertiary/aromatic N) is 3. The summed E-state index contributed by atoms with van der Waals surface area (Å²) in [6.45, 7) is 1.67. The fraction of sp³-hybridized carbons (Fsp3) is 0.0952. The van der Waals surface area contributed by atoms with Gasteiger partial charge in [0, 0.05) is 12.6 Å². The standard InChI is InChI=1S/C21H16ClFN4O2/c1-13-19(21(29)27(26(13)2)15-7-4-3-5-8-15)25-20(28)14(12-24)11-16-17(22)9-6-10-18(16)23/h3-11H,1-2H3,(H,25,28)/b14-11-. The van der Waals surface area contributed by atoms with Crippen LogP contribution in [0.15, 0.2) is 58.9 Å². The first kappa shape index (κ1) is 20.1. The molecule has 0 saturated carbocycles. The number of carbonyl (C=O) groups excluding carboxylic acids is 1. The molecular formula is C21H16ClFN4O2. The van der Waals surface area contributed by atoms with E-state index in [2.05, 4.69) is 5.32 Å². The first-order chi connectivity index (χ1) is 13.8. The molecule has 8 heteroatoms. The Hall–Kier alpha value is -3.63. The van der Waals surface area contributed by atoms with Gasteiger partial charge in [0.05, 0.1) is 16.4 Å². The molecule has 0 unspecified atom stereocenters. The number of carbonyl (C=O) groups is 1. The summed E-state index contributed by atoms with van der Waals surface area (Å²) in [6.07, 6.45) is 1.06. The molecule has 0 saturated heterocycles. The summed E-state index contributed by atoms with van der Waals surface area (Å²) in [5, 5.41) is 11.9. The number of rotatable bonds is 4. The Balaban J connectivity index is 2.00. The van der Waals surface area contributed by atoms with Crippen molar-refractivity contribution in [3.05, 3.63) is 86.6 Å². The maximum absolute atomic E-state index is 14.0. The molecule has 0 radical (unpaired) electrons. The van der Waals surface area contributed by atoms with Gasteiger partial charge >= 0.3 is 0 Å². The Morgan fingerprint density at radius 2 is 1.90 bits per heavy atom. The molecule has 0 atom stereocenters. The third kappa shape index (κ3) is 3.84. The van der Waals surface area contributed by atoms with Gasteiger partial charge in [0.2, 0.25) is 0 Å². The smallest absolute Gasteiger partial charge is 0.295 e. The molecule has 1 amide bonds. The first-order valence-corrected chi connectivity index (χ1v) is 8.94. The minimum absolute atomic E-state index is 0.0298. The minimum Gasteiger partial charge on any atom is -0.315 e. The van der Waals surface area contributed by atoms with Crippen molar-refractivity contribution in [1.82, 2.24) is 9.36 Å². The summed E-state index contributed by atoms with van der Waals surface area (Å²) in [4.78, 5) is 25.5. The third-order valence-electron chi connectivity index (χ3n) is 4.45. The molecule has 3 aromatic rings. The highest BCUT2D eigenvalue weighted by atomic mass is 35.5. The molecule has 0 aliphatic carbocycles. The van der Waals surface area contributed by atoms with Crippen LogP contribution < -0.4 is 10.9 Å². The second-order valence-electron chi connectivity index (χ2n) is 6.20. The summed E-state index contributed by atoms with van der Waals surface area (Å²) in [5.74, 6) is -1.50. The summed E-state index contributed by atoms with van der Waals surface area (Å²) < 4.78 is 17.0. The number of aromatic nitrogens is 2. The molecule has 0 fully saturated rings. The van der Waals surface area contributed by atoms with Crippen LogP contribution >= 0.6 is 11.6 Å². The second-order valence-corrected chi connectivity index (χ2v) is 6.60. The fourth-order valence-corrected chi connectivity index (χ4v) is 3.05. The quantitative estimate of drug-likeness (QED) is 0.524. The molecule has 146 valence electrons. The van der Waals surface area contributed by atoms with E-state index in [4.69, 9.17) is 11.6 Å². The van der Waals surface area contributed by atoms with Crippen molar-refractivity contribution in [2.75, 3.05) is 5.32 Å². The van der Waals surface area contributed by atoms with Crippen LogP contribution in [0.1, 0.15) is 11.3 Å². The van der Waals surface area contributed by atoms with Crippen LogP contribution in [0.4, 0.5) is 10.1 Å². The first-order valence-electron chi connectivity index (χ1n) is 8.56. The van der Waals surface area contributed by atoms with Gasteiger partial charge in [-0.3, -0.25) is 14.3 Å². The highest BCUT2D eigenvalue weighted by molar-refractivity contribution is 6.32. The molecule has 1 N–H and O–H groups in total. The van der Waals surface area contributed by atoms with E-state index in [0.717, 1.165) is 6.08 Å². The predicted molar refractivity (Wildman–Crippen MR) is 109 cm³/mol. The van der Waals surface area contributed by atoms with Crippen LogP contribution in [-0.4, -0.2) is 15.3 Å². The number of para-hydroxylation sites is 1. The Bertz CT molecular complexity index is 1200. The van der Waals surface area contributed by atoms with E-state index in [9.17, 15) is 19.2 Å². The number of nitriles is 1. The van der Waals surface area contributed by atoms with Gasteiger partial charge in [-0.25, -0.2) is 9.07 Å². The summed E-state index contributed by atoms with van der Waals surface area (Å²) in [7, 11) is 1.68. The highest BCUT2D eigenvalue weighted by Crippen LogP contribution is 2.22. The van der Waals surface area contributed by atoms with E-state index in [1.807, 2.05) is 6.07 Å². The largest absolute Gasteiger partial charge is 0.315 e. The molecule has 0 bridgehead atoms. The molecule has 1 heterocycles. The van der Waals surface area contributed by atoms with E-state index >= 15 is 0 Å². The Morgan fingerprint density at radius 3 is 2.52 bits per heavy atom. The highest BCUT2D eigenvalue weighted by Gasteiger charge is 2.20. The SMILES string of the molecule is Cc1c(NC(=O)/C(C#N)=C\c2c(F)cccc2Cl)c(=O)n(-c2ccccc2)n1C. The number of amides is 1. The summed E-state index contributed by atoms with van der Waals surface area (Å²) in [5.41, 5.74) is 0.234. The van der Waals surface area contributed by atoms with Gasteiger partial charge in [0.15, 0.2) is 0 Å². The van der Waals surface area contributed by atoms with Gasteiger partial charge in [-0.15, -0.1) is 0 Å². The van der Waals surface area contributed by atoms with E-state index in [0.29, 0.717) is 11.4 Å². The summed E-state index contributed by atoms with van der Waals surface area (Å²) >= 11 is 5.96. The van der Waals surface area contributed by atoms with Crippen LogP contribution in [0.2, 0.25) is 5.02 Å². The molecule has 29 heavy (non-hydrogen) atoms. The lowest BCUT2D eigenvalue weighted by Crippen LogP contribution is -2.23. The molecular weight excluding hydrogens is 395 g/mol. The van der Waals surface area contributed by atoms with Gasteiger partial charge in [-0.05, 0) is 37.3 Å². The molecule has 2 aromatic carbocycles. The van der Waals surface area contributed by atoms with Crippen molar-refractivity contribution in [2.24, 2.45) is 7.05 Å². The Morgan fingerprint density at radius 1 is 1.21 bits per heavy atom. The van der Waals surface area contributed by atoms with Crippen LogP contribution in [0.5, 0.6) is 0 Å². The van der Waals surface area contributed by atoms with Crippen molar-refractivity contribution in [3.63, 3.8) is 0 Å². The lowest BCUT2D eigenvalue weighted by Gasteiger charge is -2.07. The molecule has 0 aliphatic rings. The zero-order valence-corrected chi connectivity index (χ0v) is 16.4. The maximum atomic E-state index is 14.0. The van der Waals surface area contributed by atoms with Gasteiger partial charge < -0.3 is 5.32 Å². The second kappa shape index (κ2) is 8.17. The van der Waals surface area contributed by atoms with Crippen molar-refractivity contribution in [2.45, 2.75) is 6.92 Å². The van der Waals surface area contributed by atoms with Crippen LogP contribution in [-0.2, 0) is 11.8 Å². The van der Waals surface area contributed by atoms with E-state index < -0.39 is 17.3 Å². The van der Waals surface area contributed by atoms with Crippen LogP contribution in [0.25, 0.3) is 11.8 Å². The zero-order chi connectivity index (χ0) is 21.1. The van der Waals surface area contributed by atoms with Crippen LogP contribution in [0.3, 0.4) is 0 Å². The van der Waals surface area contributed by atoms with Gasteiger partial charge in [-0.1, -0.05) is 35.9 Å². The van der Waals surface area contributed by atoms with Gasteiger partial charge in [0.25, 0.3) is 11.5 Å². The lowest BCUT2D eigenvalue weighted by molar-refractivity contribution is -0.112.